The van der Waals surface area contributed by atoms with E-state index in [4.69, 9.17) is 5.73 Å². The molecular formula is C12H17N5O2S2. The molecule has 2 rings (SSSR count). The summed E-state index contributed by atoms with van der Waals surface area (Å²) in [4.78, 5) is 4.08. The summed E-state index contributed by atoms with van der Waals surface area (Å²) >= 11 is 1.05. The van der Waals surface area contributed by atoms with E-state index in [9.17, 15) is 8.42 Å². The first-order valence-corrected chi connectivity index (χ1v) is 8.44. The van der Waals surface area contributed by atoms with Crippen LogP contribution < -0.4 is 11.1 Å². The van der Waals surface area contributed by atoms with Gasteiger partial charge in [0.1, 0.15) is 5.00 Å². The minimum absolute atomic E-state index is 0.0255. The number of nitrogens with two attached hydrogens (primary N) is 1. The van der Waals surface area contributed by atoms with Crippen molar-refractivity contribution >= 4 is 32.4 Å². The molecule has 0 unspecified atom stereocenters. The summed E-state index contributed by atoms with van der Waals surface area (Å²) in [6, 6.07) is 3.83. The normalized spacial score (nSPS) is 11.8. The van der Waals surface area contributed by atoms with Gasteiger partial charge in [-0.15, -0.1) is 0 Å². The van der Waals surface area contributed by atoms with E-state index in [1.54, 1.807) is 12.4 Å². The Hall–Kier alpha value is -1.71. The van der Waals surface area contributed by atoms with Gasteiger partial charge >= 0.3 is 0 Å². The standard InChI is InChI=1S/C12H17N5O2S2/c1-17(2)21(18,19)10-11(13)16-20-12(10)15-7-5-9-4-3-6-14-8-9/h3-4,6,8,15H,5,7H2,1-2H3,(H2,13,16). The SMILES string of the molecule is CN(C)S(=O)(=O)c1c(N)nsc1NCCc1cccnc1. The van der Waals surface area contributed by atoms with Crippen LogP contribution >= 0.6 is 11.5 Å². The third-order valence-corrected chi connectivity index (χ3v) is 5.67. The van der Waals surface area contributed by atoms with Gasteiger partial charge in [0.15, 0.2) is 10.7 Å². The fraction of sp³-hybridized carbons (Fsp3) is 0.333. The van der Waals surface area contributed by atoms with Crippen molar-refractivity contribution in [3.8, 4) is 0 Å². The van der Waals surface area contributed by atoms with Gasteiger partial charge in [-0.05, 0) is 29.6 Å². The molecule has 0 saturated carbocycles. The Morgan fingerprint density at radius 1 is 1.43 bits per heavy atom. The van der Waals surface area contributed by atoms with Crippen molar-refractivity contribution in [3.63, 3.8) is 0 Å². The molecule has 9 heteroatoms. The number of aromatic nitrogens is 2. The van der Waals surface area contributed by atoms with Gasteiger partial charge in [-0.1, -0.05) is 6.07 Å². The number of pyridine rings is 1. The molecular weight excluding hydrogens is 310 g/mol. The van der Waals surface area contributed by atoms with E-state index in [2.05, 4.69) is 14.7 Å². The summed E-state index contributed by atoms with van der Waals surface area (Å²) < 4.78 is 29.5. The Morgan fingerprint density at radius 2 is 2.19 bits per heavy atom. The molecule has 0 saturated heterocycles. The fourth-order valence-corrected chi connectivity index (χ4v) is 3.81. The lowest BCUT2D eigenvalue weighted by Gasteiger charge is -2.12. The van der Waals surface area contributed by atoms with Gasteiger partial charge in [-0.25, -0.2) is 12.7 Å². The Morgan fingerprint density at radius 3 is 2.81 bits per heavy atom. The van der Waals surface area contributed by atoms with Crippen molar-refractivity contribution in [1.82, 2.24) is 13.7 Å². The first kappa shape index (κ1) is 15.7. The third kappa shape index (κ3) is 3.49. The van der Waals surface area contributed by atoms with Crippen LogP contribution in [0.4, 0.5) is 10.8 Å². The van der Waals surface area contributed by atoms with Crippen molar-refractivity contribution in [2.45, 2.75) is 11.3 Å². The summed E-state index contributed by atoms with van der Waals surface area (Å²) in [6.45, 7) is 0.573. The molecule has 0 bridgehead atoms. The van der Waals surface area contributed by atoms with E-state index >= 15 is 0 Å². The molecule has 0 amide bonds. The van der Waals surface area contributed by atoms with Crippen LogP contribution in [0, 0.1) is 0 Å². The topological polar surface area (TPSA) is 101 Å². The van der Waals surface area contributed by atoms with Crippen LogP contribution in [0.25, 0.3) is 0 Å². The summed E-state index contributed by atoms with van der Waals surface area (Å²) in [7, 11) is -0.680. The number of nitrogen functional groups attached to an aromatic ring is 1. The molecule has 0 aliphatic heterocycles. The second-order valence-electron chi connectivity index (χ2n) is 4.55. The quantitative estimate of drug-likeness (QED) is 0.821. The largest absolute Gasteiger partial charge is 0.382 e. The third-order valence-electron chi connectivity index (χ3n) is 2.83. The monoisotopic (exact) mass is 327 g/mol. The minimum atomic E-state index is -3.61. The number of hydrogen-bond acceptors (Lipinski definition) is 7. The average molecular weight is 327 g/mol. The van der Waals surface area contributed by atoms with Gasteiger partial charge in [0, 0.05) is 33.0 Å². The highest BCUT2D eigenvalue weighted by atomic mass is 32.2. The molecule has 0 aliphatic rings. The summed E-state index contributed by atoms with van der Waals surface area (Å²) in [6.07, 6.45) is 4.22. The van der Waals surface area contributed by atoms with Crippen LogP contribution in [-0.2, 0) is 16.4 Å². The molecule has 2 heterocycles. The van der Waals surface area contributed by atoms with Gasteiger partial charge in [0.2, 0.25) is 10.0 Å². The van der Waals surface area contributed by atoms with E-state index in [0.29, 0.717) is 11.5 Å². The van der Waals surface area contributed by atoms with Crippen molar-refractivity contribution < 1.29 is 8.42 Å². The molecule has 0 fully saturated rings. The molecule has 7 nitrogen and oxygen atoms in total. The van der Waals surface area contributed by atoms with Crippen molar-refractivity contribution in [3.05, 3.63) is 30.1 Å². The number of anilines is 2. The van der Waals surface area contributed by atoms with E-state index in [-0.39, 0.29) is 10.7 Å². The molecule has 2 aromatic rings. The molecule has 114 valence electrons. The zero-order chi connectivity index (χ0) is 15.5. The zero-order valence-electron chi connectivity index (χ0n) is 11.8. The maximum atomic E-state index is 12.2. The molecule has 0 atom stereocenters. The lowest BCUT2D eigenvalue weighted by Crippen LogP contribution is -2.23. The molecule has 0 aromatic carbocycles. The first-order valence-electron chi connectivity index (χ1n) is 6.23. The van der Waals surface area contributed by atoms with E-state index in [1.807, 2.05) is 12.1 Å². The molecule has 0 spiro atoms. The van der Waals surface area contributed by atoms with Crippen LogP contribution in [-0.4, -0.2) is 42.7 Å². The van der Waals surface area contributed by atoms with Crippen LogP contribution in [0.1, 0.15) is 5.56 Å². The maximum absolute atomic E-state index is 12.2. The van der Waals surface area contributed by atoms with Gasteiger partial charge in [0.05, 0.1) is 0 Å². The second kappa shape index (κ2) is 6.37. The van der Waals surface area contributed by atoms with Crippen molar-refractivity contribution in [2.75, 3.05) is 31.7 Å². The molecule has 21 heavy (non-hydrogen) atoms. The van der Waals surface area contributed by atoms with Crippen LogP contribution in [0.2, 0.25) is 0 Å². The second-order valence-corrected chi connectivity index (χ2v) is 7.41. The predicted octanol–water partition coefficient (Wildman–Crippen LogP) is 1.03. The fourth-order valence-electron chi connectivity index (χ4n) is 1.70. The smallest absolute Gasteiger partial charge is 0.249 e. The molecule has 3 N–H and O–H groups in total. The van der Waals surface area contributed by atoms with Crippen LogP contribution in [0.3, 0.4) is 0 Å². The van der Waals surface area contributed by atoms with E-state index in [0.717, 1.165) is 27.8 Å². The number of sulfonamides is 1. The maximum Gasteiger partial charge on any atom is 0.249 e. The molecule has 0 radical (unpaired) electrons. The van der Waals surface area contributed by atoms with Gasteiger partial charge in [0.25, 0.3) is 0 Å². The Balaban J connectivity index is 2.12. The Kier molecular flexibility index (Phi) is 4.76. The van der Waals surface area contributed by atoms with E-state index in [1.165, 1.54) is 14.1 Å². The lowest BCUT2D eigenvalue weighted by molar-refractivity contribution is 0.521. The summed E-state index contributed by atoms with van der Waals surface area (Å²) in [5.74, 6) is 0.0255. The number of rotatable bonds is 6. The zero-order valence-corrected chi connectivity index (χ0v) is 13.4. The number of hydrogen-bond donors (Lipinski definition) is 2. The highest BCUT2D eigenvalue weighted by molar-refractivity contribution is 7.89. The average Bonchev–Trinajstić information content (AvgIpc) is 2.81. The van der Waals surface area contributed by atoms with E-state index < -0.39 is 10.0 Å². The van der Waals surface area contributed by atoms with Gasteiger partial charge < -0.3 is 11.1 Å². The molecule has 2 aromatic heterocycles. The summed E-state index contributed by atoms with van der Waals surface area (Å²) in [5.41, 5.74) is 6.76. The first-order chi connectivity index (χ1) is 9.93. The Labute approximate surface area is 128 Å². The number of nitrogens with zero attached hydrogens (tertiary/aromatic N) is 3. The molecule has 0 aliphatic carbocycles. The highest BCUT2D eigenvalue weighted by Gasteiger charge is 2.27. The highest BCUT2D eigenvalue weighted by Crippen LogP contribution is 2.32. The predicted molar refractivity (Wildman–Crippen MR) is 83.8 cm³/mol. The summed E-state index contributed by atoms with van der Waals surface area (Å²) in [5, 5.41) is 3.55. The van der Waals surface area contributed by atoms with Gasteiger partial charge in [-0.2, -0.15) is 4.37 Å². The van der Waals surface area contributed by atoms with Crippen LogP contribution in [0.15, 0.2) is 29.4 Å². The Bertz CT molecular complexity index is 698. The van der Waals surface area contributed by atoms with Crippen molar-refractivity contribution in [1.29, 1.82) is 0 Å². The van der Waals surface area contributed by atoms with Crippen LogP contribution in [0.5, 0.6) is 0 Å². The number of nitrogens with one attached hydrogen (secondary N) is 1. The lowest BCUT2D eigenvalue weighted by atomic mass is 10.2. The van der Waals surface area contributed by atoms with Crippen molar-refractivity contribution in [2.24, 2.45) is 0 Å². The van der Waals surface area contributed by atoms with Gasteiger partial charge in [-0.3, -0.25) is 4.98 Å². The minimum Gasteiger partial charge on any atom is -0.382 e.